The minimum atomic E-state index is -3.56. The van der Waals surface area contributed by atoms with Crippen molar-refractivity contribution < 1.29 is 13.2 Å². The number of nitrogens with zero attached hydrogens (tertiary/aromatic N) is 1. The molecule has 1 aromatic carbocycles. The lowest BCUT2D eigenvalue weighted by atomic mass is 10.1. The zero-order valence-electron chi connectivity index (χ0n) is 14.0. The SMILES string of the molecule is COCCN(Cc1ccsc1)S(=O)(=O)c1cc(C)c(C)cc1C. The van der Waals surface area contributed by atoms with Gasteiger partial charge in [0.15, 0.2) is 0 Å². The summed E-state index contributed by atoms with van der Waals surface area (Å²) in [5, 5.41) is 3.93. The predicted molar refractivity (Wildman–Crippen MR) is 94.4 cm³/mol. The lowest BCUT2D eigenvalue weighted by Crippen LogP contribution is -2.34. The number of rotatable bonds is 7. The van der Waals surface area contributed by atoms with Crippen molar-refractivity contribution in [3.8, 4) is 0 Å². The molecule has 0 aliphatic heterocycles. The zero-order valence-corrected chi connectivity index (χ0v) is 15.6. The van der Waals surface area contributed by atoms with Crippen LogP contribution >= 0.6 is 11.3 Å². The van der Waals surface area contributed by atoms with E-state index in [-0.39, 0.29) is 0 Å². The predicted octanol–water partition coefficient (Wildman–Crippen LogP) is 3.51. The van der Waals surface area contributed by atoms with Gasteiger partial charge < -0.3 is 4.74 Å². The zero-order chi connectivity index (χ0) is 17.0. The van der Waals surface area contributed by atoms with Gasteiger partial charge in [0, 0.05) is 20.2 Å². The molecular weight excluding hydrogens is 330 g/mol. The number of thiophene rings is 1. The summed E-state index contributed by atoms with van der Waals surface area (Å²) in [5.74, 6) is 0. The molecule has 2 aromatic rings. The topological polar surface area (TPSA) is 46.6 Å². The van der Waals surface area contributed by atoms with E-state index in [0.717, 1.165) is 22.3 Å². The molecule has 0 spiro atoms. The summed E-state index contributed by atoms with van der Waals surface area (Å²) in [7, 11) is -1.98. The molecule has 0 amide bonds. The van der Waals surface area contributed by atoms with E-state index in [0.29, 0.717) is 24.6 Å². The van der Waals surface area contributed by atoms with Crippen LogP contribution in [0.2, 0.25) is 0 Å². The summed E-state index contributed by atoms with van der Waals surface area (Å²) in [4.78, 5) is 0.381. The molecule has 1 heterocycles. The van der Waals surface area contributed by atoms with Crippen LogP contribution in [0.1, 0.15) is 22.3 Å². The fourth-order valence-corrected chi connectivity index (χ4v) is 4.78. The van der Waals surface area contributed by atoms with E-state index >= 15 is 0 Å². The molecule has 0 aliphatic rings. The summed E-state index contributed by atoms with van der Waals surface area (Å²) < 4.78 is 32.8. The van der Waals surface area contributed by atoms with Gasteiger partial charge in [-0.25, -0.2) is 8.42 Å². The van der Waals surface area contributed by atoms with E-state index in [2.05, 4.69) is 0 Å². The first-order valence-electron chi connectivity index (χ1n) is 7.44. The molecule has 0 radical (unpaired) electrons. The van der Waals surface area contributed by atoms with E-state index in [4.69, 9.17) is 4.74 Å². The number of ether oxygens (including phenoxy) is 1. The van der Waals surface area contributed by atoms with Crippen LogP contribution in [0, 0.1) is 20.8 Å². The van der Waals surface area contributed by atoms with Crippen molar-refractivity contribution in [2.75, 3.05) is 20.3 Å². The molecule has 0 atom stereocenters. The van der Waals surface area contributed by atoms with E-state index in [1.807, 2.05) is 43.7 Å². The first kappa shape index (κ1) is 18.1. The van der Waals surface area contributed by atoms with Crippen molar-refractivity contribution >= 4 is 21.4 Å². The molecule has 4 nitrogen and oxygen atoms in total. The molecule has 0 aliphatic carbocycles. The lowest BCUT2D eigenvalue weighted by molar-refractivity contribution is 0.177. The van der Waals surface area contributed by atoms with Crippen LogP contribution in [0.4, 0.5) is 0 Å². The van der Waals surface area contributed by atoms with Gasteiger partial charge in [-0.2, -0.15) is 15.6 Å². The largest absolute Gasteiger partial charge is 0.383 e. The van der Waals surface area contributed by atoms with Crippen LogP contribution in [0.25, 0.3) is 0 Å². The average Bonchev–Trinajstić information content (AvgIpc) is 3.00. The summed E-state index contributed by atoms with van der Waals surface area (Å²) >= 11 is 1.57. The normalized spacial score (nSPS) is 12.0. The molecule has 0 saturated carbocycles. The number of methoxy groups -OCH3 is 1. The number of hydrogen-bond acceptors (Lipinski definition) is 4. The van der Waals surface area contributed by atoms with Crippen molar-refractivity contribution in [1.29, 1.82) is 0 Å². The fraction of sp³-hybridized carbons (Fsp3) is 0.412. The van der Waals surface area contributed by atoms with Gasteiger partial charge in [0.2, 0.25) is 10.0 Å². The fourth-order valence-electron chi connectivity index (χ4n) is 2.41. The Morgan fingerprint density at radius 3 is 2.43 bits per heavy atom. The molecule has 6 heteroatoms. The van der Waals surface area contributed by atoms with Crippen LogP contribution in [-0.4, -0.2) is 33.0 Å². The van der Waals surface area contributed by atoms with Crippen LogP contribution < -0.4 is 0 Å². The average molecular weight is 354 g/mol. The third-order valence-corrected chi connectivity index (χ3v) is 6.61. The molecule has 23 heavy (non-hydrogen) atoms. The van der Waals surface area contributed by atoms with E-state index in [1.165, 1.54) is 4.31 Å². The first-order valence-corrected chi connectivity index (χ1v) is 9.82. The van der Waals surface area contributed by atoms with E-state index in [1.54, 1.807) is 24.5 Å². The molecule has 2 rings (SSSR count). The smallest absolute Gasteiger partial charge is 0.243 e. The quantitative estimate of drug-likeness (QED) is 0.765. The van der Waals surface area contributed by atoms with Gasteiger partial charge >= 0.3 is 0 Å². The minimum absolute atomic E-state index is 0.334. The summed E-state index contributed by atoms with van der Waals surface area (Å²) in [6.07, 6.45) is 0. The molecular formula is C17H23NO3S2. The molecule has 126 valence electrons. The molecule has 0 N–H and O–H groups in total. The van der Waals surface area contributed by atoms with Gasteiger partial charge in [0.25, 0.3) is 0 Å². The Kier molecular flexibility index (Phi) is 5.97. The maximum absolute atomic E-state index is 13.1. The number of hydrogen-bond donors (Lipinski definition) is 0. The highest BCUT2D eigenvalue weighted by Crippen LogP contribution is 2.25. The second-order valence-corrected chi connectivity index (χ2v) is 8.35. The Morgan fingerprint density at radius 2 is 1.83 bits per heavy atom. The van der Waals surface area contributed by atoms with Crippen LogP contribution in [0.15, 0.2) is 33.9 Å². The van der Waals surface area contributed by atoms with Gasteiger partial charge in [-0.3, -0.25) is 0 Å². The molecule has 0 fully saturated rings. The van der Waals surface area contributed by atoms with Crippen molar-refractivity contribution in [2.45, 2.75) is 32.2 Å². The first-order chi connectivity index (χ1) is 10.9. The highest BCUT2D eigenvalue weighted by atomic mass is 32.2. The van der Waals surface area contributed by atoms with E-state index in [9.17, 15) is 8.42 Å². The van der Waals surface area contributed by atoms with Crippen LogP contribution in [0.3, 0.4) is 0 Å². The maximum Gasteiger partial charge on any atom is 0.243 e. The van der Waals surface area contributed by atoms with Gasteiger partial charge in [-0.15, -0.1) is 0 Å². The van der Waals surface area contributed by atoms with Gasteiger partial charge in [0.05, 0.1) is 11.5 Å². The third kappa shape index (κ3) is 4.20. The van der Waals surface area contributed by atoms with Gasteiger partial charge in [0.1, 0.15) is 0 Å². The van der Waals surface area contributed by atoms with Crippen molar-refractivity contribution in [2.24, 2.45) is 0 Å². The highest BCUT2D eigenvalue weighted by molar-refractivity contribution is 7.89. The van der Waals surface area contributed by atoms with Crippen LogP contribution in [-0.2, 0) is 21.3 Å². The Hall–Kier alpha value is -1.21. The van der Waals surface area contributed by atoms with Crippen molar-refractivity contribution in [3.05, 3.63) is 51.2 Å². The lowest BCUT2D eigenvalue weighted by Gasteiger charge is -2.23. The molecule has 0 saturated heterocycles. The highest BCUT2D eigenvalue weighted by Gasteiger charge is 2.26. The van der Waals surface area contributed by atoms with E-state index < -0.39 is 10.0 Å². The molecule has 0 bridgehead atoms. The monoisotopic (exact) mass is 353 g/mol. The second-order valence-electron chi connectivity index (χ2n) is 5.66. The summed E-state index contributed by atoms with van der Waals surface area (Å²) in [6.45, 7) is 6.84. The number of benzene rings is 1. The van der Waals surface area contributed by atoms with Crippen molar-refractivity contribution in [3.63, 3.8) is 0 Å². The Bertz CT molecular complexity index is 752. The summed E-state index contributed by atoms with van der Waals surface area (Å²) in [5.41, 5.74) is 3.86. The number of sulfonamides is 1. The second kappa shape index (κ2) is 7.57. The number of aryl methyl sites for hydroxylation is 3. The van der Waals surface area contributed by atoms with Gasteiger partial charge in [-0.1, -0.05) is 6.07 Å². The van der Waals surface area contributed by atoms with Gasteiger partial charge in [-0.05, 0) is 65.9 Å². The maximum atomic E-state index is 13.1. The molecule has 1 aromatic heterocycles. The standard InChI is InChI=1S/C17H23NO3S2/c1-13-9-15(3)17(10-14(13)2)23(19,20)18(6-7-21-4)11-16-5-8-22-12-16/h5,8-10,12H,6-7,11H2,1-4H3. The summed E-state index contributed by atoms with van der Waals surface area (Å²) in [6, 6.07) is 5.65. The molecule has 0 unspecified atom stereocenters. The minimum Gasteiger partial charge on any atom is -0.383 e. The third-order valence-electron chi connectivity index (χ3n) is 3.89. The Morgan fingerprint density at radius 1 is 1.13 bits per heavy atom. The Labute approximate surface area is 142 Å². The van der Waals surface area contributed by atoms with Crippen molar-refractivity contribution in [1.82, 2.24) is 4.31 Å². The van der Waals surface area contributed by atoms with Crippen LogP contribution in [0.5, 0.6) is 0 Å². The Balaban J connectivity index is 2.41.